The molecule has 84 valence electrons. The van der Waals surface area contributed by atoms with E-state index in [1.165, 1.54) is 19.3 Å². The smallest absolute Gasteiger partial charge is 0.0634 e. The van der Waals surface area contributed by atoms with Crippen molar-refractivity contribution in [3.63, 3.8) is 0 Å². The molecule has 0 aromatic carbocycles. The normalized spacial score (nSPS) is 28.3. The van der Waals surface area contributed by atoms with Crippen LogP contribution in [0.1, 0.15) is 53.9 Å². The Morgan fingerprint density at radius 1 is 1.29 bits per heavy atom. The summed E-state index contributed by atoms with van der Waals surface area (Å²) >= 11 is 0. The summed E-state index contributed by atoms with van der Waals surface area (Å²) < 4.78 is 0. The molecule has 1 rings (SSSR count). The molecule has 1 aliphatic heterocycles. The van der Waals surface area contributed by atoms with Gasteiger partial charge in [-0.2, -0.15) is 0 Å². The molecule has 1 unspecified atom stereocenters. The molecular formula is C12H26N2. The van der Waals surface area contributed by atoms with Gasteiger partial charge in [-0.1, -0.05) is 13.8 Å². The fourth-order valence-electron chi connectivity index (χ4n) is 2.74. The standard InChI is InChI=1S/C12H26N2/c1-6-12(7-2)8-9-14(10(12)13)11(3,4)5/h10H,6-9,13H2,1-5H3. The first-order chi connectivity index (χ1) is 6.37. The van der Waals surface area contributed by atoms with Gasteiger partial charge in [-0.15, -0.1) is 0 Å². The highest BCUT2D eigenvalue weighted by Crippen LogP contribution is 2.42. The van der Waals surface area contributed by atoms with Gasteiger partial charge in [0.15, 0.2) is 0 Å². The van der Waals surface area contributed by atoms with Crippen LogP contribution in [0.4, 0.5) is 0 Å². The predicted molar refractivity (Wildman–Crippen MR) is 62.1 cm³/mol. The van der Waals surface area contributed by atoms with E-state index in [1.54, 1.807) is 0 Å². The summed E-state index contributed by atoms with van der Waals surface area (Å²) in [5.74, 6) is 0. The number of hydrogen-bond acceptors (Lipinski definition) is 2. The molecule has 0 bridgehead atoms. The van der Waals surface area contributed by atoms with Crippen molar-refractivity contribution in [1.82, 2.24) is 4.90 Å². The van der Waals surface area contributed by atoms with Gasteiger partial charge >= 0.3 is 0 Å². The maximum Gasteiger partial charge on any atom is 0.0634 e. The quantitative estimate of drug-likeness (QED) is 0.739. The zero-order chi connectivity index (χ0) is 11.0. The van der Waals surface area contributed by atoms with Crippen LogP contribution in [0.5, 0.6) is 0 Å². The van der Waals surface area contributed by atoms with Crippen LogP contribution < -0.4 is 5.73 Å². The van der Waals surface area contributed by atoms with E-state index in [4.69, 9.17) is 5.73 Å². The third-order valence-corrected chi connectivity index (χ3v) is 4.08. The molecule has 1 aliphatic rings. The Morgan fingerprint density at radius 3 is 2.00 bits per heavy atom. The van der Waals surface area contributed by atoms with Gasteiger partial charge in [0.25, 0.3) is 0 Å². The Hall–Kier alpha value is -0.0800. The molecule has 0 amide bonds. The van der Waals surface area contributed by atoms with E-state index in [0.717, 1.165) is 6.54 Å². The SMILES string of the molecule is CCC1(CC)CCN(C(C)(C)C)C1N. The molecule has 0 radical (unpaired) electrons. The van der Waals surface area contributed by atoms with Gasteiger partial charge in [0.05, 0.1) is 6.17 Å². The molecule has 2 nitrogen and oxygen atoms in total. The van der Waals surface area contributed by atoms with Crippen LogP contribution in [0.3, 0.4) is 0 Å². The first-order valence-corrected chi connectivity index (χ1v) is 5.89. The van der Waals surface area contributed by atoms with Gasteiger partial charge in [-0.25, -0.2) is 0 Å². The highest BCUT2D eigenvalue weighted by Gasteiger charge is 2.45. The molecule has 1 fully saturated rings. The van der Waals surface area contributed by atoms with Crippen molar-refractivity contribution >= 4 is 0 Å². The van der Waals surface area contributed by atoms with E-state index in [0.29, 0.717) is 5.41 Å². The lowest BCUT2D eigenvalue weighted by atomic mass is 9.79. The topological polar surface area (TPSA) is 29.3 Å². The van der Waals surface area contributed by atoms with Crippen molar-refractivity contribution in [1.29, 1.82) is 0 Å². The Morgan fingerprint density at radius 2 is 1.79 bits per heavy atom. The zero-order valence-corrected chi connectivity index (χ0v) is 10.4. The Kier molecular flexibility index (Phi) is 3.27. The van der Waals surface area contributed by atoms with Gasteiger partial charge in [-0.05, 0) is 45.4 Å². The highest BCUT2D eigenvalue weighted by molar-refractivity contribution is 4.98. The second kappa shape index (κ2) is 3.82. The van der Waals surface area contributed by atoms with Crippen LogP contribution in [0.25, 0.3) is 0 Å². The van der Waals surface area contributed by atoms with Crippen molar-refractivity contribution in [2.24, 2.45) is 11.1 Å². The molecule has 1 heterocycles. The average Bonchev–Trinajstić information content (AvgIpc) is 2.42. The zero-order valence-electron chi connectivity index (χ0n) is 10.4. The second-order valence-corrected chi connectivity index (χ2v) is 5.63. The largest absolute Gasteiger partial charge is 0.315 e. The van der Waals surface area contributed by atoms with Gasteiger partial charge in [0, 0.05) is 12.1 Å². The Balaban J connectivity index is 2.82. The third kappa shape index (κ3) is 1.82. The lowest BCUT2D eigenvalue weighted by Gasteiger charge is -2.40. The van der Waals surface area contributed by atoms with Gasteiger partial charge < -0.3 is 5.73 Å². The highest BCUT2D eigenvalue weighted by atomic mass is 15.3. The first kappa shape index (κ1) is 12.0. The molecule has 0 aromatic rings. The van der Waals surface area contributed by atoms with Crippen LogP contribution in [0.2, 0.25) is 0 Å². The fraction of sp³-hybridized carbons (Fsp3) is 1.00. The molecular weight excluding hydrogens is 172 g/mol. The van der Waals surface area contributed by atoms with E-state index in [1.807, 2.05) is 0 Å². The Bertz CT molecular complexity index is 189. The lowest BCUT2D eigenvalue weighted by molar-refractivity contribution is 0.0727. The molecule has 2 N–H and O–H groups in total. The van der Waals surface area contributed by atoms with Gasteiger partial charge in [0.2, 0.25) is 0 Å². The number of likely N-dealkylation sites (tertiary alicyclic amines) is 1. The molecule has 14 heavy (non-hydrogen) atoms. The Labute approximate surface area is 88.8 Å². The van der Waals surface area contributed by atoms with Gasteiger partial charge in [-0.3, -0.25) is 4.90 Å². The van der Waals surface area contributed by atoms with E-state index in [-0.39, 0.29) is 11.7 Å². The van der Waals surface area contributed by atoms with Crippen molar-refractivity contribution in [2.75, 3.05) is 6.54 Å². The van der Waals surface area contributed by atoms with E-state index in [9.17, 15) is 0 Å². The molecule has 0 saturated carbocycles. The van der Waals surface area contributed by atoms with Crippen molar-refractivity contribution in [3.8, 4) is 0 Å². The summed E-state index contributed by atoms with van der Waals surface area (Å²) in [5.41, 5.74) is 6.97. The summed E-state index contributed by atoms with van der Waals surface area (Å²) in [6.45, 7) is 12.5. The molecule has 0 spiro atoms. The molecule has 0 aliphatic carbocycles. The maximum atomic E-state index is 6.39. The molecule has 1 saturated heterocycles. The maximum absolute atomic E-state index is 6.39. The summed E-state index contributed by atoms with van der Waals surface area (Å²) in [4.78, 5) is 2.46. The number of nitrogens with two attached hydrogens (primary N) is 1. The summed E-state index contributed by atoms with van der Waals surface area (Å²) in [6, 6.07) is 0. The van der Waals surface area contributed by atoms with Crippen LogP contribution >= 0.6 is 0 Å². The van der Waals surface area contributed by atoms with Crippen LogP contribution in [0, 0.1) is 5.41 Å². The van der Waals surface area contributed by atoms with E-state index >= 15 is 0 Å². The lowest BCUT2D eigenvalue weighted by Crippen LogP contribution is -2.53. The van der Waals surface area contributed by atoms with Crippen LogP contribution in [-0.2, 0) is 0 Å². The van der Waals surface area contributed by atoms with Crippen molar-refractivity contribution in [3.05, 3.63) is 0 Å². The van der Waals surface area contributed by atoms with Crippen molar-refractivity contribution in [2.45, 2.75) is 65.6 Å². The molecule has 0 aromatic heterocycles. The average molecular weight is 198 g/mol. The predicted octanol–water partition coefficient (Wildman–Crippen LogP) is 2.58. The van der Waals surface area contributed by atoms with E-state index in [2.05, 4.69) is 39.5 Å². The van der Waals surface area contributed by atoms with Gasteiger partial charge in [0.1, 0.15) is 0 Å². The molecule has 1 atom stereocenters. The van der Waals surface area contributed by atoms with Crippen LogP contribution in [0.15, 0.2) is 0 Å². The minimum Gasteiger partial charge on any atom is -0.315 e. The van der Waals surface area contributed by atoms with Crippen molar-refractivity contribution < 1.29 is 0 Å². The minimum absolute atomic E-state index is 0.214. The monoisotopic (exact) mass is 198 g/mol. The summed E-state index contributed by atoms with van der Waals surface area (Å²) in [7, 11) is 0. The number of nitrogens with zero attached hydrogens (tertiary/aromatic N) is 1. The first-order valence-electron chi connectivity index (χ1n) is 5.89. The second-order valence-electron chi connectivity index (χ2n) is 5.63. The fourth-order valence-corrected chi connectivity index (χ4v) is 2.74. The third-order valence-electron chi connectivity index (χ3n) is 4.08. The van der Waals surface area contributed by atoms with E-state index < -0.39 is 0 Å². The summed E-state index contributed by atoms with van der Waals surface area (Å²) in [6.07, 6.45) is 3.92. The number of hydrogen-bond donors (Lipinski definition) is 1. The molecule has 2 heteroatoms. The summed E-state index contributed by atoms with van der Waals surface area (Å²) in [5, 5.41) is 0. The minimum atomic E-state index is 0.214. The number of rotatable bonds is 2. The van der Waals surface area contributed by atoms with Crippen LogP contribution in [-0.4, -0.2) is 23.1 Å².